The van der Waals surface area contributed by atoms with Crippen LogP contribution in [0.25, 0.3) is 0 Å². The maximum atomic E-state index is 9.48. The summed E-state index contributed by atoms with van der Waals surface area (Å²) in [5.41, 5.74) is 2.07. The van der Waals surface area contributed by atoms with Crippen LogP contribution >= 0.6 is 0 Å². The van der Waals surface area contributed by atoms with Crippen molar-refractivity contribution in [1.29, 1.82) is 0 Å². The molecule has 2 nitrogen and oxygen atoms in total. The second-order valence-corrected chi connectivity index (χ2v) is 4.73. The van der Waals surface area contributed by atoms with E-state index >= 15 is 0 Å². The topological polar surface area (TPSA) is 29.5 Å². The molecule has 1 aliphatic carbocycles. The van der Waals surface area contributed by atoms with Gasteiger partial charge < -0.3 is 9.84 Å². The number of hydrogen-bond donors (Lipinski definition) is 1. The minimum absolute atomic E-state index is 0.399. The van der Waals surface area contributed by atoms with Gasteiger partial charge in [0.15, 0.2) is 0 Å². The van der Waals surface area contributed by atoms with Gasteiger partial charge in [-0.2, -0.15) is 0 Å². The van der Waals surface area contributed by atoms with Crippen molar-refractivity contribution in [3.05, 3.63) is 29.3 Å². The minimum atomic E-state index is -0.403. The zero-order valence-electron chi connectivity index (χ0n) is 10.1. The Hall–Kier alpha value is -1.02. The van der Waals surface area contributed by atoms with Gasteiger partial charge in [0.1, 0.15) is 5.75 Å². The van der Waals surface area contributed by atoms with Crippen molar-refractivity contribution in [3.8, 4) is 5.75 Å². The molecule has 2 rings (SSSR count). The number of aliphatic hydroxyl groups excluding tert-OH is 1. The standard InChI is InChI=1S/C14H20O2/c1-10-9-12(11(2)15)7-8-14(10)16-13-5-3-4-6-13/h7-9,11,13,15H,3-6H2,1-2H3. The third-order valence-electron chi connectivity index (χ3n) is 3.28. The normalized spacial score (nSPS) is 18.7. The Morgan fingerprint density at radius 2 is 2.00 bits per heavy atom. The lowest BCUT2D eigenvalue weighted by Crippen LogP contribution is -2.11. The van der Waals surface area contributed by atoms with Crippen LogP contribution in [0, 0.1) is 6.92 Å². The smallest absolute Gasteiger partial charge is 0.122 e. The molecular formula is C14H20O2. The Morgan fingerprint density at radius 3 is 2.56 bits per heavy atom. The highest BCUT2D eigenvalue weighted by Crippen LogP contribution is 2.28. The Labute approximate surface area is 97.3 Å². The van der Waals surface area contributed by atoms with Crippen LogP contribution < -0.4 is 4.74 Å². The molecule has 0 aliphatic heterocycles. The molecule has 0 radical (unpaired) electrons. The number of aliphatic hydroxyl groups is 1. The number of hydrogen-bond acceptors (Lipinski definition) is 2. The summed E-state index contributed by atoms with van der Waals surface area (Å²) in [4.78, 5) is 0. The van der Waals surface area contributed by atoms with Crippen molar-refractivity contribution in [3.63, 3.8) is 0 Å². The molecular weight excluding hydrogens is 200 g/mol. The molecule has 0 bridgehead atoms. The lowest BCUT2D eigenvalue weighted by molar-refractivity contribution is 0.197. The first-order chi connectivity index (χ1) is 7.66. The van der Waals surface area contributed by atoms with Gasteiger partial charge in [0.05, 0.1) is 12.2 Å². The lowest BCUT2D eigenvalue weighted by Gasteiger charge is -2.16. The van der Waals surface area contributed by atoms with Crippen molar-refractivity contribution in [2.45, 2.75) is 51.7 Å². The molecule has 0 spiro atoms. The Kier molecular flexibility index (Phi) is 3.49. The fraction of sp³-hybridized carbons (Fsp3) is 0.571. The second kappa shape index (κ2) is 4.88. The highest BCUT2D eigenvalue weighted by Gasteiger charge is 2.17. The largest absolute Gasteiger partial charge is 0.490 e. The third kappa shape index (κ3) is 2.56. The van der Waals surface area contributed by atoms with Gasteiger partial charge in [0.2, 0.25) is 0 Å². The number of benzene rings is 1. The maximum Gasteiger partial charge on any atom is 0.122 e. The monoisotopic (exact) mass is 220 g/mol. The van der Waals surface area contributed by atoms with E-state index in [2.05, 4.69) is 0 Å². The molecule has 0 amide bonds. The van der Waals surface area contributed by atoms with Crippen LogP contribution in [0.3, 0.4) is 0 Å². The first-order valence-electron chi connectivity index (χ1n) is 6.12. The van der Waals surface area contributed by atoms with E-state index in [0.717, 1.165) is 16.9 Å². The van der Waals surface area contributed by atoms with E-state index in [9.17, 15) is 5.11 Å². The Morgan fingerprint density at radius 1 is 1.31 bits per heavy atom. The quantitative estimate of drug-likeness (QED) is 0.846. The van der Waals surface area contributed by atoms with Gasteiger partial charge in [-0.25, -0.2) is 0 Å². The van der Waals surface area contributed by atoms with Gasteiger partial charge in [-0.1, -0.05) is 6.07 Å². The van der Waals surface area contributed by atoms with E-state index in [1.165, 1.54) is 25.7 Å². The molecule has 1 aromatic rings. The zero-order valence-corrected chi connectivity index (χ0v) is 10.1. The first-order valence-corrected chi connectivity index (χ1v) is 6.12. The predicted molar refractivity (Wildman–Crippen MR) is 64.7 cm³/mol. The summed E-state index contributed by atoms with van der Waals surface area (Å²) in [5.74, 6) is 0.969. The molecule has 0 heterocycles. The van der Waals surface area contributed by atoms with Gasteiger partial charge in [-0.05, 0) is 62.8 Å². The van der Waals surface area contributed by atoms with Gasteiger partial charge in [-0.15, -0.1) is 0 Å². The molecule has 88 valence electrons. The van der Waals surface area contributed by atoms with Crippen LogP contribution in [0.1, 0.15) is 49.8 Å². The summed E-state index contributed by atoms with van der Waals surface area (Å²) in [6.07, 6.45) is 4.93. The van der Waals surface area contributed by atoms with Gasteiger partial charge in [-0.3, -0.25) is 0 Å². The molecule has 1 N–H and O–H groups in total. The molecule has 0 saturated heterocycles. The zero-order chi connectivity index (χ0) is 11.5. The van der Waals surface area contributed by atoms with Crippen molar-refractivity contribution in [2.75, 3.05) is 0 Å². The van der Waals surface area contributed by atoms with E-state index in [0.29, 0.717) is 6.10 Å². The van der Waals surface area contributed by atoms with Crippen LogP contribution in [-0.2, 0) is 0 Å². The molecule has 1 atom stereocenters. The SMILES string of the molecule is Cc1cc(C(C)O)ccc1OC1CCCC1. The summed E-state index contributed by atoms with van der Waals surface area (Å²) < 4.78 is 5.96. The number of aryl methyl sites for hydroxylation is 1. The van der Waals surface area contributed by atoms with Crippen molar-refractivity contribution >= 4 is 0 Å². The van der Waals surface area contributed by atoms with Gasteiger partial charge >= 0.3 is 0 Å². The van der Waals surface area contributed by atoms with Crippen LogP contribution in [0.2, 0.25) is 0 Å². The summed E-state index contributed by atoms with van der Waals surface area (Å²) in [6, 6.07) is 5.94. The summed E-state index contributed by atoms with van der Waals surface area (Å²) >= 11 is 0. The van der Waals surface area contributed by atoms with Crippen LogP contribution in [0.5, 0.6) is 5.75 Å². The molecule has 16 heavy (non-hydrogen) atoms. The number of rotatable bonds is 3. The lowest BCUT2D eigenvalue weighted by atomic mass is 10.1. The van der Waals surface area contributed by atoms with Crippen LogP contribution in [0.15, 0.2) is 18.2 Å². The molecule has 1 fully saturated rings. The van der Waals surface area contributed by atoms with Crippen LogP contribution in [0.4, 0.5) is 0 Å². The number of ether oxygens (including phenoxy) is 1. The van der Waals surface area contributed by atoms with Crippen molar-refractivity contribution in [1.82, 2.24) is 0 Å². The van der Waals surface area contributed by atoms with E-state index in [1.54, 1.807) is 6.92 Å². The summed E-state index contributed by atoms with van der Waals surface area (Å²) in [7, 11) is 0. The second-order valence-electron chi connectivity index (χ2n) is 4.73. The molecule has 1 aromatic carbocycles. The van der Waals surface area contributed by atoms with E-state index in [-0.39, 0.29) is 0 Å². The summed E-state index contributed by atoms with van der Waals surface area (Å²) in [6.45, 7) is 3.82. The summed E-state index contributed by atoms with van der Waals surface area (Å²) in [5, 5.41) is 9.48. The van der Waals surface area contributed by atoms with Gasteiger partial charge in [0, 0.05) is 0 Å². The molecule has 2 heteroatoms. The van der Waals surface area contributed by atoms with E-state index < -0.39 is 6.10 Å². The molecule has 1 aliphatic rings. The fourth-order valence-corrected chi connectivity index (χ4v) is 2.25. The van der Waals surface area contributed by atoms with Crippen LogP contribution in [-0.4, -0.2) is 11.2 Å². The molecule has 1 saturated carbocycles. The predicted octanol–water partition coefficient (Wildman–Crippen LogP) is 3.37. The highest BCUT2D eigenvalue weighted by molar-refractivity contribution is 5.37. The van der Waals surface area contributed by atoms with Crippen molar-refractivity contribution in [2.24, 2.45) is 0 Å². The van der Waals surface area contributed by atoms with E-state index in [1.807, 2.05) is 25.1 Å². The van der Waals surface area contributed by atoms with E-state index in [4.69, 9.17) is 4.74 Å². The minimum Gasteiger partial charge on any atom is -0.490 e. The average Bonchev–Trinajstić information content (AvgIpc) is 2.73. The van der Waals surface area contributed by atoms with Crippen molar-refractivity contribution < 1.29 is 9.84 Å². The van der Waals surface area contributed by atoms with Gasteiger partial charge in [0.25, 0.3) is 0 Å². The third-order valence-corrected chi connectivity index (χ3v) is 3.28. The highest BCUT2D eigenvalue weighted by atomic mass is 16.5. The Balaban J connectivity index is 2.09. The maximum absolute atomic E-state index is 9.48. The first kappa shape index (κ1) is 11.5. The Bertz CT molecular complexity index is 352. The molecule has 1 unspecified atom stereocenters. The molecule has 0 aromatic heterocycles. The fourth-order valence-electron chi connectivity index (χ4n) is 2.25. The average molecular weight is 220 g/mol.